The summed E-state index contributed by atoms with van der Waals surface area (Å²) in [5.74, 6) is 0.619. The molecule has 2 heteroatoms. The molecule has 19 heavy (non-hydrogen) atoms. The predicted molar refractivity (Wildman–Crippen MR) is 79.5 cm³/mol. The van der Waals surface area contributed by atoms with Gasteiger partial charge in [0.25, 0.3) is 0 Å². The molecule has 0 fully saturated rings. The molecule has 0 unspecified atom stereocenters. The molecule has 0 radical (unpaired) electrons. The fourth-order valence-corrected chi connectivity index (χ4v) is 1.86. The largest absolute Gasteiger partial charge is 0.485 e. The van der Waals surface area contributed by atoms with Crippen LogP contribution in [0.3, 0.4) is 0 Å². The van der Waals surface area contributed by atoms with Crippen molar-refractivity contribution in [3.05, 3.63) is 65.7 Å². The Labute approximate surface area is 119 Å². The first-order valence-corrected chi connectivity index (χ1v) is 6.39. The van der Waals surface area contributed by atoms with Gasteiger partial charge in [-0.25, -0.2) is 0 Å². The van der Waals surface area contributed by atoms with Gasteiger partial charge in [0.05, 0.1) is 1.37 Å². The smallest absolute Gasteiger partial charge is 0.125 e. The fourth-order valence-electron chi connectivity index (χ4n) is 1.86. The Balaban J connectivity index is 2.30. The monoisotopic (exact) mass is 258 g/mol. The Morgan fingerprint density at radius 2 is 2.00 bits per heavy atom. The molecule has 0 amide bonds. The maximum Gasteiger partial charge on any atom is 0.125 e. The molecular weight excluding hydrogens is 234 g/mol. The van der Waals surface area contributed by atoms with Crippen molar-refractivity contribution >= 4 is 0 Å². The molecule has 0 aromatic heterocycles. The molecule has 2 aromatic rings. The lowest BCUT2D eigenvalue weighted by atomic mass is 10.1. The summed E-state index contributed by atoms with van der Waals surface area (Å²) in [5, 5.41) is 2.67. The molecule has 0 aliphatic heterocycles. The Hall–Kier alpha value is -1.80. The van der Waals surface area contributed by atoms with E-state index in [9.17, 15) is 0 Å². The van der Waals surface area contributed by atoms with E-state index in [2.05, 4.69) is 5.32 Å². The number of benzene rings is 2. The van der Waals surface area contributed by atoms with Crippen LogP contribution in [0.1, 0.15) is 27.8 Å². The molecule has 2 aromatic carbocycles. The highest BCUT2D eigenvalue weighted by molar-refractivity contribution is 5.33. The van der Waals surface area contributed by atoms with Crippen LogP contribution >= 0.6 is 0 Å². The van der Waals surface area contributed by atoms with Crippen molar-refractivity contribution in [1.82, 2.24) is 5.32 Å². The van der Waals surface area contributed by atoms with Crippen LogP contribution in [-0.4, -0.2) is 13.5 Å². The first kappa shape index (κ1) is 10.0. The molecule has 2 rings (SSSR count). The van der Waals surface area contributed by atoms with Crippen molar-refractivity contribution in [2.24, 2.45) is 0 Å². The lowest BCUT2D eigenvalue weighted by molar-refractivity contribution is 0.193. The van der Waals surface area contributed by atoms with Gasteiger partial charge in [-0.3, -0.25) is 0 Å². The minimum atomic E-state index is -1.53. The number of ether oxygens (including phenoxy) is 1. The van der Waals surface area contributed by atoms with E-state index in [0.29, 0.717) is 11.8 Å². The summed E-state index contributed by atoms with van der Waals surface area (Å²) in [7, 11) is 1.59. The third-order valence-corrected chi connectivity index (χ3v) is 2.94. The van der Waals surface area contributed by atoms with Crippen LogP contribution in [0.4, 0.5) is 0 Å². The van der Waals surface area contributed by atoms with Crippen LogP contribution in [-0.2, 0) is 0 Å². The van der Waals surface area contributed by atoms with Gasteiger partial charge in [-0.1, -0.05) is 48.5 Å². The van der Waals surface area contributed by atoms with Crippen LogP contribution < -0.4 is 10.1 Å². The molecule has 100 valence electrons. The van der Waals surface area contributed by atoms with E-state index in [1.807, 2.05) is 43.3 Å². The molecule has 0 aliphatic carbocycles. The number of nitrogens with one attached hydrogen (secondary N) is 1. The zero-order valence-corrected chi connectivity index (χ0v) is 11.3. The van der Waals surface area contributed by atoms with Gasteiger partial charge in [0, 0.05) is 9.16 Å². The number of hydrogen-bond acceptors (Lipinski definition) is 2. The van der Waals surface area contributed by atoms with Crippen LogP contribution in [0.15, 0.2) is 54.6 Å². The molecule has 0 aliphatic rings. The predicted octanol–water partition coefficient (Wildman–Crippen LogP) is 3.72. The first-order valence-electron chi connectivity index (χ1n) is 7.89. The zero-order valence-electron chi connectivity index (χ0n) is 14.3. The average molecular weight is 258 g/mol. The van der Waals surface area contributed by atoms with Gasteiger partial charge in [0.15, 0.2) is 0 Å². The standard InChI is InChI=1S/C17H21NO/c1-14-8-6-7-11-16(14)19-17(12-13-18-2)15-9-4-3-5-10-15/h3-11,17-18H,12-13H2,1-2H3/t17-/m1/s1/i7D,13D2. The summed E-state index contributed by atoms with van der Waals surface area (Å²) in [6, 6.07) is 15.2. The van der Waals surface area contributed by atoms with Gasteiger partial charge < -0.3 is 10.1 Å². The molecule has 2 nitrogen and oxygen atoms in total. The van der Waals surface area contributed by atoms with E-state index in [4.69, 9.17) is 8.85 Å². The van der Waals surface area contributed by atoms with Gasteiger partial charge >= 0.3 is 0 Å². The molecule has 0 saturated heterocycles. The zero-order chi connectivity index (χ0) is 16.2. The second-order valence-corrected chi connectivity index (χ2v) is 4.34. The van der Waals surface area contributed by atoms with Crippen molar-refractivity contribution in [2.45, 2.75) is 19.4 Å². The van der Waals surface area contributed by atoms with Crippen LogP contribution in [0, 0.1) is 6.92 Å². The molecular formula is C17H21NO. The van der Waals surface area contributed by atoms with E-state index in [-0.39, 0.29) is 6.42 Å². The normalized spacial score (nSPS) is 15.2. The lowest BCUT2D eigenvalue weighted by Gasteiger charge is -2.20. The summed E-state index contributed by atoms with van der Waals surface area (Å²) >= 11 is 0. The van der Waals surface area contributed by atoms with Crippen molar-refractivity contribution in [3.8, 4) is 5.75 Å². The molecule has 0 saturated carbocycles. The minimum absolute atomic E-state index is 0.176. The van der Waals surface area contributed by atoms with E-state index in [0.717, 1.165) is 11.1 Å². The maximum absolute atomic E-state index is 7.95. The van der Waals surface area contributed by atoms with Gasteiger partial charge in [0.2, 0.25) is 0 Å². The van der Waals surface area contributed by atoms with E-state index in [1.54, 1.807) is 19.2 Å². The second kappa shape index (κ2) is 6.95. The third kappa shape index (κ3) is 3.83. The SMILES string of the molecule is [2H]c1ccc(C)c(O[C@H](CC([2H])([2H])NC)c2ccccc2)c1. The van der Waals surface area contributed by atoms with Crippen molar-refractivity contribution < 1.29 is 8.85 Å². The van der Waals surface area contributed by atoms with Crippen LogP contribution in [0.25, 0.3) is 0 Å². The van der Waals surface area contributed by atoms with E-state index >= 15 is 0 Å². The Bertz CT molecular complexity index is 617. The minimum Gasteiger partial charge on any atom is -0.485 e. The van der Waals surface area contributed by atoms with Gasteiger partial charge in [-0.15, -0.1) is 0 Å². The summed E-state index contributed by atoms with van der Waals surface area (Å²) in [5.41, 5.74) is 1.85. The van der Waals surface area contributed by atoms with Crippen molar-refractivity contribution in [2.75, 3.05) is 13.5 Å². The number of hydrogen-bond donors (Lipinski definition) is 1. The molecule has 0 spiro atoms. The molecule has 1 N–H and O–H groups in total. The molecule has 0 heterocycles. The average Bonchev–Trinajstić information content (AvgIpc) is 2.51. The van der Waals surface area contributed by atoms with E-state index in [1.165, 1.54) is 0 Å². The Kier molecular flexibility index (Phi) is 3.68. The van der Waals surface area contributed by atoms with Crippen LogP contribution in [0.2, 0.25) is 0 Å². The van der Waals surface area contributed by atoms with Crippen LogP contribution in [0.5, 0.6) is 5.75 Å². The maximum atomic E-state index is 7.95. The molecule has 1 atom stereocenters. The summed E-state index contributed by atoms with van der Waals surface area (Å²) in [6.45, 7) is 0.385. The summed E-state index contributed by atoms with van der Waals surface area (Å²) in [4.78, 5) is 0. The Morgan fingerprint density at radius 3 is 2.74 bits per heavy atom. The first-order chi connectivity index (χ1) is 10.4. The Morgan fingerprint density at radius 1 is 1.21 bits per heavy atom. The highest BCUT2D eigenvalue weighted by Gasteiger charge is 2.13. The second-order valence-electron chi connectivity index (χ2n) is 4.34. The topological polar surface area (TPSA) is 21.3 Å². The van der Waals surface area contributed by atoms with E-state index < -0.39 is 12.6 Å². The highest BCUT2D eigenvalue weighted by atomic mass is 16.5. The number of para-hydroxylation sites is 1. The quantitative estimate of drug-likeness (QED) is 0.852. The fraction of sp³-hybridized carbons (Fsp3) is 0.294. The van der Waals surface area contributed by atoms with Gasteiger partial charge in [0.1, 0.15) is 11.9 Å². The number of aryl methyl sites for hydroxylation is 1. The number of rotatable bonds is 6. The van der Waals surface area contributed by atoms with Gasteiger partial charge in [-0.2, -0.15) is 0 Å². The summed E-state index contributed by atoms with van der Waals surface area (Å²) < 4.78 is 29.7. The van der Waals surface area contributed by atoms with Gasteiger partial charge in [-0.05, 0) is 37.7 Å². The third-order valence-electron chi connectivity index (χ3n) is 2.94. The van der Waals surface area contributed by atoms with Crippen molar-refractivity contribution in [1.29, 1.82) is 0 Å². The molecule has 0 bridgehead atoms. The summed E-state index contributed by atoms with van der Waals surface area (Å²) in [6.07, 6.45) is -0.251. The highest BCUT2D eigenvalue weighted by Crippen LogP contribution is 2.26. The lowest BCUT2D eigenvalue weighted by Crippen LogP contribution is -2.16. The van der Waals surface area contributed by atoms with Crippen molar-refractivity contribution in [3.63, 3.8) is 0 Å².